The summed E-state index contributed by atoms with van der Waals surface area (Å²) in [4.78, 5) is 3.94. The third kappa shape index (κ3) is 5.80. The molecule has 0 radical (unpaired) electrons. The fraction of sp³-hybridized carbons (Fsp3) is 1.00. The van der Waals surface area contributed by atoms with Gasteiger partial charge in [0.2, 0.25) is 0 Å². The minimum atomic E-state index is -0.0828. The molecule has 44 valence electrons. The molecule has 1 N–H and O–H groups in total. The van der Waals surface area contributed by atoms with Crippen molar-refractivity contribution in [2.24, 2.45) is 0 Å². The predicted octanol–water partition coefficient (Wildman–Crippen LogP) is -0.0569. The molecule has 5 heteroatoms. The van der Waals surface area contributed by atoms with Gasteiger partial charge in [0, 0.05) is 7.11 Å². The van der Waals surface area contributed by atoms with E-state index in [-0.39, 0.29) is 6.79 Å². The Kier molecular flexibility index (Phi) is 5.63. The smallest absolute Gasteiger partial charge is 0.183 e. The van der Waals surface area contributed by atoms with Crippen molar-refractivity contribution in [2.75, 3.05) is 13.9 Å². The van der Waals surface area contributed by atoms with Gasteiger partial charge in [-0.2, -0.15) is 4.89 Å². The lowest BCUT2D eigenvalue weighted by Gasteiger charge is -1.92. The molecule has 0 atom stereocenters. The largest absolute Gasteiger partial charge is 0.355 e. The van der Waals surface area contributed by atoms with Crippen molar-refractivity contribution in [2.45, 2.75) is 0 Å². The highest BCUT2D eigenvalue weighted by Crippen LogP contribution is 1.74. The lowest BCUT2D eigenvalue weighted by Crippen LogP contribution is -1.96. The van der Waals surface area contributed by atoms with Crippen LogP contribution in [0.3, 0.4) is 0 Å². The van der Waals surface area contributed by atoms with Gasteiger partial charge in [-0.3, -0.25) is 0 Å². The van der Waals surface area contributed by atoms with E-state index in [1.807, 2.05) is 0 Å². The summed E-state index contributed by atoms with van der Waals surface area (Å²) in [7, 11) is 1.40. The van der Waals surface area contributed by atoms with Crippen molar-refractivity contribution in [1.29, 1.82) is 0 Å². The Balaban J connectivity index is 2.45. The van der Waals surface area contributed by atoms with E-state index in [2.05, 4.69) is 19.7 Å². The van der Waals surface area contributed by atoms with E-state index in [1.165, 1.54) is 7.11 Å². The van der Waals surface area contributed by atoms with Gasteiger partial charge in [0.05, 0.1) is 0 Å². The monoisotopic (exact) mass is 110 g/mol. The topological polar surface area (TPSA) is 57.2 Å². The fourth-order valence-corrected chi connectivity index (χ4v) is 0.0893. The van der Waals surface area contributed by atoms with Crippen molar-refractivity contribution in [3.05, 3.63) is 0 Å². The molecule has 0 spiro atoms. The molecular formula is C2H6O5. The summed E-state index contributed by atoms with van der Waals surface area (Å²) in [5.41, 5.74) is 0. The highest BCUT2D eigenvalue weighted by Gasteiger charge is 1.79. The number of methoxy groups -OCH3 is 1. The molecule has 0 bridgehead atoms. The van der Waals surface area contributed by atoms with Crippen molar-refractivity contribution in [3.8, 4) is 0 Å². The summed E-state index contributed by atoms with van der Waals surface area (Å²) < 4.78 is 4.31. The van der Waals surface area contributed by atoms with E-state index < -0.39 is 0 Å². The zero-order valence-electron chi connectivity index (χ0n) is 3.79. The summed E-state index contributed by atoms with van der Waals surface area (Å²) in [6, 6.07) is 0. The molecule has 0 unspecified atom stereocenters. The van der Waals surface area contributed by atoms with E-state index >= 15 is 0 Å². The van der Waals surface area contributed by atoms with Gasteiger partial charge in [-0.15, -0.1) is 0 Å². The van der Waals surface area contributed by atoms with Gasteiger partial charge in [-0.25, -0.2) is 5.26 Å². The second kappa shape index (κ2) is 5.80. The summed E-state index contributed by atoms with van der Waals surface area (Å²) in [6.07, 6.45) is 0. The van der Waals surface area contributed by atoms with Crippen LogP contribution < -0.4 is 0 Å². The SMILES string of the molecule is COCOOOO. The number of hydrogen-bond acceptors (Lipinski definition) is 5. The van der Waals surface area contributed by atoms with Crippen LogP contribution in [-0.4, -0.2) is 19.2 Å². The first-order chi connectivity index (χ1) is 3.41. The Labute approximate surface area is 40.1 Å². The molecule has 0 saturated carbocycles. The van der Waals surface area contributed by atoms with Crippen LogP contribution in [0.4, 0.5) is 0 Å². The molecule has 0 aliphatic rings. The van der Waals surface area contributed by atoms with Crippen LogP contribution in [0.5, 0.6) is 0 Å². The molecule has 0 aliphatic heterocycles. The lowest BCUT2D eigenvalue weighted by molar-refractivity contribution is -0.631. The highest BCUT2D eigenvalue weighted by atomic mass is 17.7. The van der Waals surface area contributed by atoms with Crippen LogP contribution >= 0.6 is 0 Å². The van der Waals surface area contributed by atoms with Crippen LogP contribution in [0.15, 0.2) is 0 Å². The quantitative estimate of drug-likeness (QED) is 0.238. The van der Waals surface area contributed by atoms with Crippen LogP contribution in [0.25, 0.3) is 0 Å². The van der Waals surface area contributed by atoms with Crippen molar-refractivity contribution in [1.82, 2.24) is 0 Å². The predicted molar refractivity (Wildman–Crippen MR) is 17.8 cm³/mol. The van der Waals surface area contributed by atoms with Gasteiger partial charge in [0.15, 0.2) is 6.79 Å². The van der Waals surface area contributed by atoms with Crippen LogP contribution in [0.2, 0.25) is 0 Å². The Morgan fingerprint density at radius 2 is 2.29 bits per heavy atom. The van der Waals surface area contributed by atoms with Crippen molar-refractivity contribution >= 4 is 0 Å². The molecule has 7 heavy (non-hydrogen) atoms. The molecule has 5 nitrogen and oxygen atoms in total. The molecule has 0 fully saturated rings. The van der Waals surface area contributed by atoms with Gasteiger partial charge in [0.25, 0.3) is 0 Å². The number of ether oxygens (including phenoxy) is 1. The van der Waals surface area contributed by atoms with E-state index in [1.54, 1.807) is 0 Å². The second-order valence-electron chi connectivity index (χ2n) is 0.667. The minimum absolute atomic E-state index is 0.0828. The first-order valence-corrected chi connectivity index (χ1v) is 1.50. The third-order valence-corrected chi connectivity index (χ3v) is 0.245. The Morgan fingerprint density at radius 1 is 1.57 bits per heavy atom. The second-order valence-corrected chi connectivity index (χ2v) is 0.667. The van der Waals surface area contributed by atoms with Gasteiger partial charge in [0.1, 0.15) is 0 Å². The molecular weight excluding hydrogens is 104 g/mol. The molecule has 0 saturated heterocycles. The Hall–Kier alpha value is -0.200. The lowest BCUT2D eigenvalue weighted by atomic mass is 11.4. The fourth-order valence-electron chi connectivity index (χ4n) is 0.0893. The Bertz CT molecular complexity index is 25.3. The number of hydrogen-bond donors (Lipinski definition) is 1. The van der Waals surface area contributed by atoms with Gasteiger partial charge < -0.3 is 4.74 Å². The summed E-state index contributed by atoms with van der Waals surface area (Å²) in [5, 5.41) is 13.9. The van der Waals surface area contributed by atoms with E-state index in [4.69, 9.17) is 5.26 Å². The zero-order chi connectivity index (χ0) is 5.54. The van der Waals surface area contributed by atoms with Gasteiger partial charge >= 0.3 is 0 Å². The summed E-state index contributed by atoms with van der Waals surface area (Å²) >= 11 is 0. The third-order valence-electron chi connectivity index (χ3n) is 0.245. The molecule has 0 aromatic carbocycles. The van der Waals surface area contributed by atoms with Gasteiger partial charge in [-0.1, -0.05) is 0 Å². The summed E-state index contributed by atoms with van der Waals surface area (Å²) in [5.74, 6) is 0. The number of rotatable bonds is 4. The standard InChI is InChI=1S/C2H6O5/c1-4-2-5-7-6-3/h3H,2H2,1H3. The molecule has 0 aromatic rings. The molecule has 0 rings (SSSR count). The van der Waals surface area contributed by atoms with E-state index in [9.17, 15) is 0 Å². The first-order valence-electron chi connectivity index (χ1n) is 1.50. The minimum Gasteiger partial charge on any atom is -0.355 e. The maximum absolute atomic E-state index is 7.39. The highest BCUT2D eigenvalue weighted by molar-refractivity contribution is 3.78. The maximum atomic E-state index is 7.39. The van der Waals surface area contributed by atoms with E-state index in [0.717, 1.165) is 0 Å². The molecule has 0 heterocycles. The first kappa shape index (κ1) is 6.80. The normalized spacial score (nSPS) is 9.43. The maximum Gasteiger partial charge on any atom is 0.183 e. The van der Waals surface area contributed by atoms with Crippen molar-refractivity contribution in [3.63, 3.8) is 0 Å². The molecule has 0 aromatic heterocycles. The van der Waals surface area contributed by atoms with E-state index in [0.29, 0.717) is 0 Å². The summed E-state index contributed by atoms with van der Waals surface area (Å²) in [6.45, 7) is -0.0828. The Morgan fingerprint density at radius 3 is 2.71 bits per heavy atom. The average molecular weight is 110 g/mol. The average Bonchev–Trinajstić information content (AvgIpc) is 1.69. The van der Waals surface area contributed by atoms with Crippen LogP contribution in [0, 0.1) is 0 Å². The van der Waals surface area contributed by atoms with Gasteiger partial charge in [-0.05, 0) is 10.1 Å². The molecule has 0 amide bonds. The molecule has 0 aliphatic carbocycles. The van der Waals surface area contributed by atoms with Crippen LogP contribution in [-0.2, 0) is 19.7 Å². The zero-order valence-corrected chi connectivity index (χ0v) is 3.79. The van der Waals surface area contributed by atoms with Crippen LogP contribution in [0.1, 0.15) is 0 Å². The van der Waals surface area contributed by atoms with Crippen molar-refractivity contribution < 1.29 is 25.0 Å².